The van der Waals surface area contributed by atoms with Gasteiger partial charge in [-0.15, -0.1) is 19.3 Å². The number of rotatable bonds is 7. The fourth-order valence-corrected chi connectivity index (χ4v) is 3.69. The van der Waals surface area contributed by atoms with Crippen LogP contribution in [0.5, 0.6) is 11.5 Å². The quantitative estimate of drug-likeness (QED) is 0.145. The number of imide groups is 1. The van der Waals surface area contributed by atoms with Crippen LogP contribution >= 0.6 is 0 Å². The summed E-state index contributed by atoms with van der Waals surface area (Å²) in [5.74, 6) is 5.17. The molecule has 0 saturated heterocycles. The lowest BCUT2D eigenvalue weighted by atomic mass is 10.1. The van der Waals surface area contributed by atoms with Crippen LogP contribution in [0.4, 0.5) is 5.69 Å². The van der Waals surface area contributed by atoms with Gasteiger partial charge < -0.3 is 9.47 Å². The minimum atomic E-state index is -0.874. The van der Waals surface area contributed by atoms with E-state index < -0.39 is 17.8 Å². The molecule has 0 saturated carbocycles. The Bertz CT molecular complexity index is 1710. The van der Waals surface area contributed by atoms with Crippen molar-refractivity contribution >= 4 is 29.9 Å². The molecule has 0 radical (unpaired) electrons. The summed E-state index contributed by atoms with van der Waals surface area (Å²) >= 11 is 0. The zero-order valence-electron chi connectivity index (χ0n) is 21.4. The average molecular weight is 538 g/mol. The first-order chi connectivity index (χ1) is 19.8. The summed E-state index contributed by atoms with van der Waals surface area (Å²) in [6.07, 6.45) is 16.5. The zero-order chi connectivity index (χ0) is 29.4. The van der Waals surface area contributed by atoms with Gasteiger partial charge in [0.1, 0.15) is 11.5 Å². The number of anilines is 1. The third kappa shape index (κ3) is 6.56. The van der Waals surface area contributed by atoms with E-state index in [1.54, 1.807) is 36.4 Å². The molecule has 0 bridgehead atoms. The Morgan fingerprint density at radius 1 is 0.610 bits per heavy atom. The molecule has 7 heteroatoms. The molecule has 2 amide bonds. The number of hydrogen-bond acceptors (Lipinski definition) is 6. The first-order valence-electron chi connectivity index (χ1n) is 11.9. The van der Waals surface area contributed by atoms with Crippen molar-refractivity contribution in [1.82, 2.24) is 0 Å². The van der Waals surface area contributed by atoms with E-state index >= 15 is 0 Å². The van der Waals surface area contributed by atoms with Gasteiger partial charge in [0.15, 0.2) is 0 Å². The molecule has 4 aromatic rings. The Morgan fingerprint density at radius 3 is 1.54 bits per heavy atom. The van der Waals surface area contributed by atoms with Crippen molar-refractivity contribution in [3.8, 4) is 48.5 Å². The molecule has 0 fully saturated rings. The molecule has 7 nitrogen and oxygen atoms in total. The fourth-order valence-electron chi connectivity index (χ4n) is 3.69. The Labute approximate surface area is 236 Å². The van der Waals surface area contributed by atoms with E-state index in [4.69, 9.17) is 28.7 Å². The number of terminal acetylenes is 3. The topological polar surface area (TPSA) is 90.0 Å². The molecular formula is C34H19NO6. The number of hydrogen-bond donors (Lipinski definition) is 0. The Balaban J connectivity index is 1.74. The van der Waals surface area contributed by atoms with Gasteiger partial charge in [-0.2, -0.15) is 0 Å². The number of esters is 2. The number of ether oxygens (including phenoxy) is 2. The maximum absolute atomic E-state index is 13.2. The Hall–Kier alpha value is -6.36. The van der Waals surface area contributed by atoms with Crippen molar-refractivity contribution in [1.29, 1.82) is 0 Å². The van der Waals surface area contributed by atoms with Crippen LogP contribution in [-0.4, -0.2) is 24.3 Å². The summed E-state index contributed by atoms with van der Waals surface area (Å²) in [6, 6.07) is 22.3. The SMILES string of the molecule is C#Cc1ccc(C(=O)N(C=O)c2cc(C(=O)Oc3cccc(C#C)c3)cc(C(=O)Oc3cccc(C#C)c3)c2)cc1. The molecule has 0 spiro atoms. The highest BCUT2D eigenvalue weighted by atomic mass is 16.5. The summed E-state index contributed by atoms with van der Waals surface area (Å²) in [5, 5.41) is 0. The number of carbonyl (C=O) groups is 4. The van der Waals surface area contributed by atoms with E-state index in [0.717, 1.165) is 4.90 Å². The predicted molar refractivity (Wildman–Crippen MR) is 152 cm³/mol. The van der Waals surface area contributed by atoms with Crippen LogP contribution in [-0.2, 0) is 4.79 Å². The lowest BCUT2D eigenvalue weighted by Crippen LogP contribution is -2.30. The lowest BCUT2D eigenvalue weighted by molar-refractivity contribution is -0.106. The third-order valence-corrected chi connectivity index (χ3v) is 5.71. The van der Waals surface area contributed by atoms with Gasteiger partial charge in [-0.3, -0.25) is 9.59 Å². The van der Waals surface area contributed by atoms with Crippen LogP contribution in [0.2, 0.25) is 0 Å². The van der Waals surface area contributed by atoms with Gasteiger partial charge in [-0.1, -0.05) is 29.9 Å². The summed E-state index contributed by atoms with van der Waals surface area (Å²) in [4.78, 5) is 52.4. The predicted octanol–water partition coefficient (Wildman–Crippen LogP) is 4.87. The standard InChI is InChI=1S/C34H19NO6/c1-4-23-13-15-26(16-14-23)32(37)35(22-36)29-20-27(33(38)40-30-11-7-9-24(5-2)17-30)19-28(21-29)34(39)41-31-12-8-10-25(6-3)18-31/h1-3,7-22H. The second-order valence-corrected chi connectivity index (χ2v) is 8.39. The van der Waals surface area contributed by atoms with E-state index in [1.165, 1.54) is 54.6 Å². The molecule has 4 aromatic carbocycles. The highest BCUT2D eigenvalue weighted by Gasteiger charge is 2.23. The molecule has 196 valence electrons. The van der Waals surface area contributed by atoms with Gasteiger partial charge >= 0.3 is 11.9 Å². The molecule has 0 N–H and O–H groups in total. The Morgan fingerprint density at radius 2 is 1.10 bits per heavy atom. The van der Waals surface area contributed by atoms with Crippen molar-refractivity contribution in [3.63, 3.8) is 0 Å². The van der Waals surface area contributed by atoms with Gasteiger partial charge in [-0.25, -0.2) is 14.5 Å². The number of carbonyl (C=O) groups excluding carboxylic acids is 4. The number of amides is 2. The zero-order valence-corrected chi connectivity index (χ0v) is 21.4. The molecule has 0 aliphatic heterocycles. The smallest absolute Gasteiger partial charge is 0.343 e. The monoisotopic (exact) mass is 537 g/mol. The summed E-state index contributed by atoms with van der Waals surface area (Å²) in [7, 11) is 0. The Kier molecular flexibility index (Phi) is 8.41. The minimum Gasteiger partial charge on any atom is -0.423 e. The average Bonchev–Trinajstić information content (AvgIpc) is 3.01. The van der Waals surface area contributed by atoms with E-state index in [0.29, 0.717) is 16.7 Å². The maximum Gasteiger partial charge on any atom is 0.343 e. The van der Waals surface area contributed by atoms with E-state index in [2.05, 4.69) is 17.8 Å². The second kappa shape index (κ2) is 12.5. The molecule has 0 heterocycles. The fraction of sp³-hybridized carbons (Fsp3) is 0. The molecule has 41 heavy (non-hydrogen) atoms. The van der Waals surface area contributed by atoms with E-state index in [1.807, 2.05) is 0 Å². The molecule has 0 aliphatic carbocycles. The summed E-state index contributed by atoms with van der Waals surface area (Å²) in [5.41, 5.74) is 1.29. The third-order valence-electron chi connectivity index (χ3n) is 5.71. The van der Waals surface area contributed by atoms with Crippen molar-refractivity contribution in [2.24, 2.45) is 0 Å². The summed E-state index contributed by atoms with van der Waals surface area (Å²) < 4.78 is 10.9. The van der Waals surface area contributed by atoms with Crippen LogP contribution in [0, 0.1) is 37.0 Å². The highest BCUT2D eigenvalue weighted by molar-refractivity contribution is 6.16. The van der Waals surface area contributed by atoms with Gasteiger partial charge in [-0.05, 0) is 78.9 Å². The summed E-state index contributed by atoms with van der Waals surface area (Å²) in [6.45, 7) is 0. The highest BCUT2D eigenvalue weighted by Crippen LogP contribution is 2.24. The molecular weight excluding hydrogens is 518 g/mol. The normalized spacial score (nSPS) is 9.78. The van der Waals surface area contributed by atoms with Crippen LogP contribution in [0.25, 0.3) is 0 Å². The molecule has 0 atom stereocenters. The van der Waals surface area contributed by atoms with Crippen LogP contribution in [0.3, 0.4) is 0 Å². The maximum atomic E-state index is 13.2. The van der Waals surface area contributed by atoms with Crippen LogP contribution < -0.4 is 14.4 Å². The van der Waals surface area contributed by atoms with Gasteiger partial charge in [0.05, 0.1) is 16.8 Å². The van der Waals surface area contributed by atoms with E-state index in [9.17, 15) is 19.2 Å². The first-order valence-corrected chi connectivity index (χ1v) is 11.9. The van der Waals surface area contributed by atoms with Crippen LogP contribution in [0.15, 0.2) is 91.0 Å². The first kappa shape index (κ1) is 27.7. The molecule has 4 rings (SSSR count). The lowest BCUT2D eigenvalue weighted by Gasteiger charge is -2.18. The van der Waals surface area contributed by atoms with Gasteiger partial charge in [0.25, 0.3) is 5.91 Å². The second-order valence-electron chi connectivity index (χ2n) is 8.39. The van der Waals surface area contributed by atoms with Crippen molar-refractivity contribution in [2.45, 2.75) is 0 Å². The van der Waals surface area contributed by atoms with E-state index in [-0.39, 0.29) is 40.3 Å². The number of nitrogens with zero attached hydrogens (tertiary/aromatic N) is 1. The number of benzene rings is 4. The van der Waals surface area contributed by atoms with Crippen LogP contribution in [0.1, 0.15) is 47.8 Å². The van der Waals surface area contributed by atoms with Gasteiger partial charge in [0, 0.05) is 22.3 Å². The molecule has 0 aliphatic rings. The minimum absolute atomic E-state index is 0.0813. The van der Waals surface area contributed by atoms with Crippen molar-refractivity contribution in [2.75, 3.05) is 4.90 Å². The largest absolute Gasteiger partial charge is 0.423 e. The molecule has 0 unspecified atom stereocenters. The molecule has 0 aromatic heterocycles. The van der Waals surface area contributed by atoms with Gasteiger partial charge in [0.2, 0.25) is 6.41 Å². The van der Waals surface area contributed by atoms with Crippen molar-refractivity contribution < 1.29 is 28.7 Å². The van der Waals surface area contributed by atoms with Crippen molar-refractivity contribution in [3.05, 3.63) is 124 Å².